The van der Waals surface area contributed by atoms with Gasteiger partial charge in [0.2, 0.25) is 0 Å². The number of aryl methyl sites for hydroxylation is 2. The Hall–Kier alpha value is -3.49. The molecule has 3 heterocycles. The molecule has 1 aliphatic carbocycles. The number of nitrogens with zero attached hydrogens (tertiary/aromatic N) is 5. The van der Waals surface area contributed by atoms with E-state index in [2.05, 4.69) is 47.1 Å². The fourth-order valence-electron chi connectivity index (χ4n) is 5.66. The van der Waals surface area contributed by atoms with E-state index in [1.165, 1.54) is 0 Å². The summed E-state index contributed by atoms with van der Waals surface area (Å²) in [5.41, 5.74) is 5.59. The largest absolute Gasteiger partial charge is 0.444 e. The van der Waals surface area contributed by atoms with Crippen LogP contribution in [0.2, 0.25) is 0 Å². The smallest absolute Gasteiger partial charge is 0.410 e. The first-order valence-electron chi connectivity index (χ1n) is 13.6. The second-order valence-corrected chi connectivity index (χ2v) is 11.9. The van der Waals surface area contributed by atoms with Gasteiger partial charge in [-0.15, -0.1) is 0 Å². The number of pyridine rings is 1. The van der Waals surface area contributed by atoms with Gasteiger partial charge in [0.1, 0.15) is 11.2 Å². The lowest BCUT2D eigenvalue weighted by molar-refractivity contribution is 0.0117. The molecule has 2 atom stereocenters. The third-order valence-corrected chi connectivity index (χ3v) is 7.77. The number of carbonyl (C=O) groups excluding carboxylic acids is 1. The molecule has 3 aromatic rings. The van der Waals surface area contributed by atoms with Gasteiger partial charge in [-0.25, -0.2) is 9.78 Å². The Balaban J connectivity index is 1.58. The third-order valence-electron chi connectivity index (χ3n) is 7.77. The van der Waals surface area contributed by atoms with Gasteiger partial charge in [0, 0.05) is 45.1 Å². The average Bonchev–Trinajstić information content (AvgIpc) is 3.14. The lowest BCUT2D eigenvalue weighted by Crippen LogP contribution is -2.51. The van der Waals surface area contributed by atoms with Gasteiger partial charge in [-0.05, 0) is 75.9 Å². The van der Waals surface area contributed by atoms with E-state index in [4.69, 9.17) is 9.72 Å². The summed E-state index contributed by atoms with van der Waals surface area (Å²) >= 11 is 0. The third kappa shape index (κ3) is 5.11. The molecule has 39 heavy (non-hydrogen) atoms. The molecule has 0 saturated carbocycles. The summed E-state index contributed by atoms with van der Waals surface area (Å²) in [6.07, 6.45) is 5.38. The monoisotopic (exact) mass is 529 g/mol. The second kappa shape index (κ2) is 9.92. The molecule has 8 heteroatoms. The van der Waals surface area contributed by atoms with Gasteiger partial charge < -0.3 is 19.3 Å². The van der Waals surface area contributed by atoms with Crippen LogP contribution < -0.4 is 0 Å². The normalized spacial score (nSPS) is 19.4. The molecule has 5 rings (SSSR count). The van der Waals surface area contributed by atoms with E-state index >= 15 is 0 Å². The summed E-state index contributed by atoms with van der Waals surface area (Å²) in [7, 11) is 1.94. The fourth-order valence-corrected chi connectivity index (χ4v) is 5.66. The minimum atomic E-state index is -1.33. The van der Waals surface area contributed by atoms with Crippen LogP contribution in [0.5, 0.6) is 0 Å². The molecule has 0 bridgehead atoms. The van der Waals surface area contributed by atoms with Gasteiger partial charge in [0.25, 0.3) is 0 Å². The van der Waals surface area contributed by atoms with Gasteiger partial charge >= 0.3 is 6.09 Å². The molecule has 1 saturated heterocycles. The van der Waals surface area contributed by atoms with Crippen LogP contribution >= 0.6 is 0 Å². The van der Waals surface area contributed by atoms with Crippen molar-refractivity contribution in [2.45, 2.75) is 58.8 Å². The van der Waals surface area contributed by atoms with E-state index in [-0.39, 0.29) is 12.1 Å². The number of aromatic nitrogens is 3. The van der Waals surface area contributed by atoms with Crippen molar-refractivity contribution in [3.8, 4) is 0 Å². The number of aliphatic hydroxyl groups is 1. The number of hydrogen-bond donors (Lipinski definition) is 1. The molecule has 1 N–H and O–H groups in total. The van der Waals surface area contributed by atoms with Crippen molar-refractivity contribution in [1.29, 1.82) is 0 Å². The number of amides is 1. The van der Waals surface area contributed by atoms with Crippen LogP contribution in [-0.4, -0.2) is 67.3 Å². The summed E-state index contributed by atoms with van der Waals surface area (Å²) in [6.45, 7) is 14.0. The molecule has 2 aliphatic rings. The highest BCUT2D eigenvalue weighted by Gasteiger charge is 2.40. The van der Waals surface area contributed by atoms with Crippen molar-refractivity contribution in [1.82, 2.24) is 24.3 Å². The fraction of sp³-hybridized carbons (Fsp3) is 0.452. The molecule has 1 aromatic carbocycles. The Bertz CT molecular complexity index is 1420. The topological polar surface area (TPSA) is 83.7 Å². The zero-order valence-corrected chi connectivity index (χ0v) is 24.0. The summed E-state index contributed by atoms with van der Waals surface area (Å²) in [5, 5.41) is 12.1. The molecule has 2 aromatic heterocycles. The number of imidazole rings is 1. The van der Waals surface area contributed by atoms with Crippen molar-refractivity contribution < 1.29 is 14.6 Å². The molecule has 1 aliphatic heterocycles. The highest BCUT2D eigenvalue weighted by atomic mass is 16.6. The average molecular weight is 530 g/mol. The van der Waals surface area contributed by atoms with E-state index < -0.39 is 11.2 Å². The van der Waals surface area contributed by atoms with Gasteiger partial charge in [0.05, 0.1) is 23.8 Å². The zero-order valence-electron chi connectivity index (χ0n) is 24.0. The molecule has 0 radical (unpaired) electrons. The van der Waals surface area contributed by atoms with Crippen LogP contribution in [0.3, 0.4) is 0 Å². The minimum Gasteiger partial charge on any atom is -0.444 e. The number of fused-ring (bicyclic) bond motifs is 2. The maximum Gasteiger partial charge on any atom is 0.410 e. The minimum absolute atomic E-state index is 0.132. The Morgan fingerprint density at radius 3 is 2.41 bits per heavy atom. The summed E-state index contributed by atoms with van der Waals surface area (Å²) < 4.78 is 7.55. The van der Waals surface area contributed by atoms with Gasteiger partial charge in [-0.3, -0.25) is 9.88 Å². The molecular formula is C31H39N5O3. The van der Waals surface area contributed by atoms with Crippen molar-refractivity contribution >= 4 is 17.7 Å². The van der Waals surface area contributed by atoms with Crippen molar-refractivity contribution in [3.63, 3.8) is 0 Å². The Labute approximate surface area is 230 Å². The molecule has 1 fully saturated rings. The first-order valence-corrected chi connectivity index (χ1v) is 13.6. The number of rotatable bonds is 3. The summed E-state index contributed by atoms with van der Waals surface area (Å²) in [5.74, 6) is 0. The van der Waals surface area contributed by atoms with Crippen LogP contribution in [0.1, 0.15) is 73.1 Å². The first-order chi connectivity index (χ1) is 18.4. The quantitative estimate of drug-likeness (QED) is 0.523. The van der Waals surface area contributed by atoms with Gasteiger partial charge in [-0.2, -0.15) is 0 Å². The number of ether oxygens (including phenoxy) is 1. The van der Waals surface area contributed by atoms with E-state index in [1.807, 2.05) is 58.5 Å². The lowest BCUT2D eigenvalue weighted by Gasteiger charge is -2.40. The number of benzene rings is 1. The predicted molar refractivity (Wildman–Crippen MR) is 152 cm³/mol. The van der Waals surface area contributed by atoms with Crippen molar-refractivity contribution in [3.05, 3.63) is 82.2 Å². The van der Waals surface area contributed by atoms with E-state index in [0.29, 0.717) is 31.9 Å². The Morgan fingerprint density at radius 2 is 1.77 bits per heavy atom. The molecule has 0 spiro atoms. The summed E-state index contributed by atoms with van der Waals surface area (Å²) in [6, 6.07) is 10.3. The number of carbonyl (C=O) groups is 1. The molecule has 1 unspecified atom stereocenters. The van der Waals surface area contributed by atoms with Crippen LogP contribution in [-0.2, 0) is 17.4 Å². The van der Waals surface area contributed by atoms with Crippen LogP contribution in [0.15, 0.2) is 42.9 Å². The summed E-state index contributed by atoms with van der Waals surface area (Å²) in [4.78, 5) is 26.4. The highest BCUT2D eigenvalue weighted by Crippen LogP contribution is 2.46. The SMILES string of the molecule is Cc1ccc2c(c1)C(C(C)(O)c1ncn(C)c1C)=Cc1cccnc1[C@H]2N1CCN(C(=O)OC(C)(C)C)CC1. The predicted octanol–water partition coefficient (Wildman–Crippen LogP) is 4.84. The standard InChI is InChI=1S/C31H39N5O3/c1-20-10-11-23-24(17-20)25(31(6,38)28-21(2)34(7)19-33-28)18-22-9-8-12-32-26(22)27(23)35-13-15-36(16-14-35)29(37)39-30(3,4)5/h8-12,17-19,27,38H,13-16H2,1-7H3/t27-,31?/m0/s1. The van der Waals surface area contributed by atoms with Crippen LogP contribution in [0.4, 0.5) is 4.79 Å². The molecule has 1 amide bonds. The van der Waals surface area contributed by atoms with Crippen LogP contribution in [0, 0.1) is 13.8 Å². The van der Waals surface area contributed by atoms with Gasteiger partial charge in [-0.1, -0.05) is 29.8 Å². The van der Waals surface area contributed by atoms with Gasteiger partial charge in [0.15, 0.2) is 0 Å². The van der Waals surface area contributed by atoms with E-state index in [0.717, 1.165) is 39.2 Å². The van der Waals surface area contributed by atoms with E-state index in [9.17, 15) is 9.90 Å². The maximum absolute atomic E-state index is 12.7. The van der Waals surface area contributed by atoms with Crippen molar-refractivity contribution in [2.75, 3.05) is 26.2 Å². The van der Waals surface area contributed by atoms with Crippen LogP contribution in [0.25, 0.3) is 11.6 Å². The second-order valence-electron chi connectivity index (χ2n) is 11.9. The Kier molecular flexibility index (Phi) is 6.89. The lowest BCUT2D eigenvalue weighted by atomic mass is 9.82. The zero-order chi connectivity index (χ0) is 28.1. The van der Waals surface area contributed by atoms with E-state index in [1.54, 1.807) is 11.2 Å². The molecule has 8 nitrogen and oxygen atoms in total. The first kappa shape index (κ1) is 27.1. The van der Waals surface area contributed by atoms with Crippen molar-refractivity contribution in [2.24, 2.45) is 7.05 Å². The Morgan fingerprint density at radius 1 is 1.05 bits per heavy atom. The number of piperazine rings is 1. The highest BCUT2D eigenvalue weighted by molar-refractivity contribution is 5.90. The maximum atomic E-state index is 12.7. The molecular weight excluding hydrogens is 490 g/mol. The number of hydrogen-bond acceptors (Lipinski definition) is 6. The molecule has 206 valence electrons.